The van der Waals surface area contributed by atoms with E-state index in [2.05, 4.69) is 11.1 Å². The van der Waals surface area contributed by atoms with Crippen LogP contribution in [0.2, 0.25) is 10.0 Å². The summed E-state index contributed by atoms with van der Waals surface area (Å²) in [5.74, 6) is 1.03. The molecular weight excluding hydrogens is 423 g/mol. The minimum absolute atomic E-state index is 0.112. The highest BCUT2D eigenvalue weighted by atomic mass is 35.5. The van der Waals surface area contributed by atoms with Crippen molar-refractivity contribution < 1.29 is 14.3 Å². The Bertz CT molecular complexity index is 1060. The van der Waals surface area contributed by atoms with Gasteiger partial charge in [-0.1, -0.05) is 47.5 Å². The normalized spacial score (nSPS) is 15.4. The van der Waals surface area contributed by atoms with Crippen LogP contribution in [-0.2, 0) is 13.0 Å². The van der Waals surface area contributed by atoms with Crippen molar-refractivity contribution in [2.45, 2.75) is 19.0 Å². The molecule has 0 aliphatic carbocycles. The Morgan fingerprint density at radius 2 is 1.90 bits per heavy atom. The average molecular weight is 443 g/mol. The van der Waals surface area contributed by atoms with Crippen molar-refractivity contribution in [2.24, 2.45) is 0 Å². The summed E-state index contributed by atoms with van der Waals surface area (Å²) in [5.41, 5.74) is 2.84. The number of carbonyl (C=O) groups excluding carboxylic acids is 1. The Hall–Kier alpha value is -2.76. The number of aromatic nitrogens is 1. The first kappa shape index (κ1) is 20.5. The smallest absolute Gasteiger partial charge is 0.254 e. The lowest BCUT2D eigenvalue weighted by Crippen LogP contribution is -2.47. The predicted molar refractivity (Wildman–Crippen MR) is 117 cm³/mol. The van der Waals surface area contributed by atoms with Crippen molar-refractivity contribution in [3.05, 3.63) is 87.5 Å². The number of hydrogen-bond donors (Lipinski definition) is 0. The number of methoxy groups -OCH3 is 1. The maximum atomic E-state index is 13.3. The van der Waals surface area contributed by atoms with Crippen LogP contribution in [0.3, 0.4) is 0 Å². The van der Waals surface area contributed by atoms with Crippen molar-refractivity contribution in [3.63, 3.8) is 0 Å². The van der Waals surface area contributed by atoms with Crippen molar-refractivity contribution in [1.82, 2.24) is 9.88 Å². The second-order valence-corrected chi connectivity index (χ2v) is 7.85. The van der Waals surface area contributed by atoms with Gasteiger partial charge in [-0.2, -0.15) is 0 Å². The van der Waals surface area contributed by atoms with Crippen LogP contribution >= 0.6 is 23.2 Å². The maximum absolute atomic E-state index is 13.3. The molecule has 1 unspecified atom stereocenters. The van der Waals surface area contributed by atoms with Crippen LogP contribution in [0.25, 0.3) is 0 Å². The molecule has 1 aliphatic heterocycles. The average Bonchev–Trinajstić information content (AvgIpc) is 2.78. The maximum Gasteiger partial charge on any atom is 0.254 e. The van der Waals surface area contributed by atoms with E-state index in [4.69, 9.17) is 32.7 Å². The van der Waals surface area contributed by atoms with E-state index in [9.17, 15) is 4.79 Å². The number of ether oxygens (including phenoxy) is 2. The topological polar surface area (TPSA) is 51.7 Å². The van der Waals surface area contributed by atoms with Crippen molar-refractivity contribution in [3.8, 4) is 11.6 Å². The molecule has 1 amide bonds. The molecule has 7 heteroatoms. The molecule has 2 heterocycles. The zero-order chi connectivity index (χ0) is 21.1. The highest BCUT2D eigenvalue weighted by molar-refractivity contribution is 6.42. The number of fused-ring (bicyclic) bond motifs is 1. The van der Waals surface area contributed by atoms with Crippen LogP contribution in [-0.4, -0.2) is 35.5 Å². The summed E-state index contributed by atoms with van der Waals surface area (Å²) in [5, 5.41) is 0.776. The molecule has 1 aromatic heterocycles. The van der Waals surface area contributed by atoms with Gasteiger partial charge in [0.15, 0.2) is 0 Å². The van der Waals surface area contributed by atoms with Gasteiger partial charge in [0.1, 0.15) is 12.4 Å². The van der Waals surface area contributed by atoms with Crippen LogP contribution in [0, 0.1) is 0 Å². The lowest BCUT2D eigenvalue weighted by molar-refractivity contribution is 0.0562. The third kappa shape index (κ3) is 4.37. The third-order valence-corrected chi connectivity index (χ3v) is 5.89. The Morgan fingerprint density at radius 1 is 1.10 bits per heavy atom. The molecule has 2 aromatic carbocycles. The molecule has 0 N–H and O–H groups in total. The molecule has 1 atom stereocenters. The van der Waals surface area contributed by atoms with Crippen LogP contribution < -0.4 is 9.47 Å². The van der Waals surface area contributed by atoms with E-state index in [-0.39, 0.29) is 11.9 Å². The van der Waals surface area contributed by atoms with Gasteiger partial charge in [0.05, 0.1) is 29.4 Å². The van der Waals surface area contributed by atoms with E-state index in [1.807, 2.05) is 23.1 Å². The minimum atomic E-state index is -0.147. The van der Waals surface area contributed by atoms with Crippen LogP contribution in [0.15, 0.2) is 60.8 Å². The molecule has 30 heavy (non-hydrogen) atoms. The Morgan fingerprint density at radius 3 is 2.60 bits per heavy atom. The van der Waals surface area contributed by atoms with Gasteiger partial charge >= 0.3 is 0 Å². The van der Waals surface area contributed by atoms with Gasteiger partial charge in [-0.05, 0) is 41.8 Å². The van der Waals surface area contributed by atoms with Crippen molar-refractivity contribution >= 4 is 29.1 Å². The van der Waals surface area contributed by atoms with Gasteiger partial charge in [-0.25, -0.2) is 4.98 Å². The summed E-state index contributed by atoms with van der Waals surface area (Å²) in [7, 11) is 1.59. The van der Waals surface area contributed by atoms with E-state index in [0.717, 1.165) is 5.56 Å². The van der Waals surface area contributed by atoms with Crippen molar-refractivity contribution in [2.75, 3.05) is 13.7 Å². The summed E-state index contributed by atoms with van der Waals surface area (Å²) < 4.78 is 11.0. The molecule has 0 radical (unpaired) electrons. The summed E-state index contributed by atoms with van der Waals surface area (Å²) >= 11 is 12.1. The van der Waals surface area contributed by atoms with E-state index < -0.39 is 0 Å². The SMILES string of the molecule is COc1ccc(OCC2Cc3ccccc3CN2C(=O)c2ccc(Cl)c(Cl)c2)nc1. The number of amides is 1. The molecular formula is C23H20Cl2N2O3. The molecule has 154 valence electrons. The Labute approximate surface area is 185 Å². The third-order valence-electron chi connectivity index (χ3n) is 5.15. The fraction of sp³-hybridized carbons (Fsp3) is 0.217. The highest BCUT2D eigenvalue weighted by Crippen LogP contribution is 2.28. The first-order valence-corrected chi connectivity index (χ1v) is 10.3. The van der Waals surface area contributed by atoms with Gasteiger partial charge in [-0.3, -0.25) is 4.79 Å². The number of rotatable bonds is 5. The second kappa shape index (κ2) is 8.94. The number of nitrogens with zero attached hydrogens (tertiary/aromatic N) is 2. The van der Waals surface area contributed by atoms with Crippen LogP contribution in [0.4, 0.5) is 0 Å². The van der Waals surface area contributed by atoms with Crippen LogP contribution in [0.1, 0.15) is 21.5 Å². The lowest BCUT2D eigenvalue weighted by Gasteiger charge is -2.36. The number of carbonyl (C=O) groups is 1. The monoisotopic (exact) mass is 442 g/mol. The van der Waals surface area contributed by atoms with E-state index in [0.29, 0.717) is 46.8 Å². The molecule has 4 rings (SSSR count). The van der Waals surface area contributed by atoms with Gasteiger partial charge in [0.25, 0.3) is 5.91 Å². The van der Waals surface area contributed by atoms with Gasteiger partial charge < -0.3 is 14.4 Å². The highest BCUT2D eigenvalue weighted by Gasteiger charge is 2.31. The predicted octanol–water partition coefficient (Wildman–Crippen LogP) is 5.04. The first-order chi connectivity index (χ1) is 14.5. The Kier molecular flexibility index (Phi) is 6.11. The number of halogens is 2. The van der Waals surface area contributed by atoms with Gasteiger partial charge in [0, 0.05) is 18.2 Å². The molecule has 0 saturated carbocycles. The first-order valence-electron chi connectivity index (χ1n) is 9.51. The second-order valence-electron chi connectivity index (χ2n) is 7.04. The molecule has 0 saturated heterocycles. The minimum Gasteiger partial charge on any atom is -0.495 e. The summed E-state index contributed by atoms with van der Waals surface area (Å²) in [6.07, 6.45) is 2.30. The molecule has 1 aliphatic rings. The number of benzene rings is 2. The molecule has 0 fully saturated rings. The van der Waals surface area contributed by atoms with Crippen LogP contribution in [0.5, 0.6) is 11.6 Å². The lowest BCUT2D eigenvalue weighted by atomic mass is 9.93. The van der Waals surface area contributed by atoms with Gasteiger partial charge in [0.2, 0.25) is 5.88 Å². The molecule has 3 aromatic rings. The van der Waals surface area contributed by atoms with Crippen molar-refractivity contribution in [1.29, 1.82) is 0 Å². The number of pyridine rings is 1. The zero-order valence-corrected chi connectivity index (χ0v) is 17.9. The summed E-state index contributed by atoms with van der Waals surface area (Å²) in [6.45, 7) is 0.819. The molecule has 0 spiro atoms. The summed E-state index contributed by atoms with van der Waals surface area (Å²) in [4.78, 5) is 19.4. The molecule has 5 nitrogen and oxygen atoms in total. The van der Waals surface area contributed by atoms with E-state index in [1.165, 1.54) is 5.56 Å². The fourth-order valence-corrected chi connectivity index (χ4v) is 3.82. The fourth-order valence-electron chi connectivity index (χ4n) is 3.52. The Balaban J connectivity index is 1.57. The van der Waals surface area contributed by atoms with E-state index in [1.54, 1.807) is 43.6 Å². The van der Waals surface area contributed by atoms with E-state index >= 15 is 0 Å². The number of hydrogen-bond acceptors (Lipinski definition) is 4. The standard InChI is InChI=1S/C23H20Cl2N2O3/c1-29-19-7-9-22(26-12-19)30-14-18-10-15-4-2-3-5-17(15)13-27(18)23(28)16-6-8-20(24)21(25)11-16/h2-9,11-12,18H,10,13-14H2,1H3. The molecule has 0 bridgehead atoms. The summed E-state index contributed by atoms with van der Waals surface area (Å²) in [6, 6.07) is 16.5. The largest absolute Gasteiger partial charge is 0.495 e. The quantitative estimate of drug-likeness (QED) is 0.554. The zero-order valence-electron chi connectivity index (χ0n) is 16.3. The van der Waals surface area contributed by atoms with Gasteiger partial charge in [-0.15, -0.1) is 0 Å².